The molecule has 58 heavy (non-hydrogen) atoms. The van der Waals surface area contributed by atoms with Crippen molar-refractivity contribution in [3.05, 3.63) is 147 Å². The van der Waals surface area contributed by atoms with Crippen molar-refractivity contribution in [2.45, 2.75) is 56.3 Å². The molecule has 11 nitrogen and oxygen atoms in total. The fourth-order valence-corrected chi connectivity index (χ4v) is 7.51. The number of likely N-dealkylation sites (tertiary alicyclic amines) is 1. The summed E-state index contributed by atoms with van der Waals surface area (Å²) in [6, 6.07) is 26.5. The summed E-state index contributed by atoms with van der Waals surface area (Å²) in [5.74, 6) is -1.74. The van der Waals surface area contributed by atoms with E-state index < -0.39 is 34.8 Å². The molecule has 1 atom stereocenters. The van der Waals surface area contributed by atoms with Gasteiger partial charge in [0.2, 0.25) is 17.4 Å². The first-order chi connectivity index (χ1) is 27.7. The second-order valence-corrected chi connectivity index (χ2v) is 14.7. The monoisotopic (exact) mass is 797 g/mol. The number of fused-ring (bicyclic) bond motifs is 1. The summed E-state index contributed by atoms with van der Waals surface area (Å²) in [5, 5.41) is 36.9. The molecule has 1 aliphatic heterocycles. The first-order valence-corrected chi connectivity index (χ1v) is 19.0. The van der Waals surface area contributed by atoms with Crippen LogP contribution in [0.15, 0.2) is 108 Å². The Kier molecular flexibility index (Phi) is 13.0. The molecule has 1 aromatic heterocycles. The van der Waals surface area contributed by atoms with Crippen LogP contribution in [0.2, 0.25) is 0 Å². The fourth-order valence-electron chi connectivity index (χ4n) is 7.51. The van der Waals surface area contributed by atoms with E-state index in [1.807, 2.05) is 6.07 Å². The van der Waals surface area contributed by atoms with Gasteiger partial charge in [-0.15, -0.1) is 0 Å². The third-order valence-corrected chi connectivity index (χ3v) is 10.8. The number of rotatable bonds is 15. The Morgan fingerprint density at radius 3 is 2.24 bits per heavy atom. The molecular formula is C44H44F3N4O7-. The van der Waals surface area contributed by atoms with E-state index in [0.29, 0.717) is 46.2 Å². The average Bonchev–Trinajstić information content (AvgIpc) is 3.21. The molecule has 14 heteroatoms. The van der Waals surface area contributed by atoms with Gasteiger partial charge in [0.15, 0.2) is 0 Å². The lowest BCUT2D eigenvalue weighted by molar-refractivity contribution is -0.315. The second-order valence-electron chi connectivity index (χ2n) is 14.7. The maximum absolute atomic E-state index is 13.7. The number of carboxylic acids is 1. The summed E-state index contributed by atoms with van der Waals surface area (Å²) in [6.07, 6.45) is -4.61. The number of aliphatic hydroxyl groups is 1. The first-order valence-electron chi connectivity index (χ1n) is 19.0. The van der Waals surface area contributed by atoms with Crippen LogP contribution in [-0.2, 0) is 45.4 Å². The third-order valence-electron chi connectivity index (χ3n) is 10.8. The fraction of sp³-hybridized carbons (Fsp3) is 0.318. The average molecular weight is 798 g/mol. The van der Waals surface area contributed by atoms with Crippen molar-refractivity contribution < 1.29 is 42.9 Å². The van der Waals surface area contributed by atoms with Gasteiger partial charge in [-0.05, 0) is 77.9 Å². The van der Waals surface area contributed by atoms with Crippen LogP contribution in [0.3, 0.4) is 0 Å². The highest BCUT2D eigenvalue weighted by atomic mass is 19.4. The minimum absolute atomic E-state index is 0.0354. The summed E-state index contributed by atoms with van der Waals surface area (Å²) >= 11 is 0. The zero-order valence-electron chi connectivity index (χ0n) is 31.6. The predicted molar refractivity (Wildman–Crippen MR) is 208 cm³/mol. The Morgan fingerprint density at radius 1 is 0.879 bits per heavy atom. The normalized spacial score (nSPS) is 14.6. The van der Waals surface area contributed by atoms with E-state index in [1.165, 1.54) is 35.2 Å². The molecular weight excluding hydrogens is 753 g/mol. The topological polar surface area (TPSA) is 166 Å². The zero-order chi connectivity index (χ0) is 41.5. The summed E-state index contributed by atoms with van der Waals surface area (Å²) in [4.78, 5) is 56.6. The van der Waals surface area contributed by atoms with Gasteiger partial charge >= 0.3 is 6.18 Å². The molecule has 1 saturated heterocycles. The van der Waals surface area contributed by atoms with Crippen LogP contribution in [0.4, 0.5) is 13.2 Å². The lowest BCUT2D eigenvalue weighted by atomic mass is 9.73. The van der Waals surface area contributed by atoms with Crippen LogP contribution in [0.25, 0.3) is 10.9 Å². The maximum Gasteiger partial charge on any atom is 0.416 e. The van der Waals surface area contributed by atoms with Gasteiger partial charge in [-0.1, -0.05) is 72.8 Å². The molecule has 2 heterocycles. The van der Waals surface area contributed by atoms with Crippen LogP contribution < -0.4 is 16.0 Å². The molecule has 2 amide bonds. The quantitative estimate of drug-likeness (QED) is 0.113. The molecule has 4 N–H and O–H groups in total. The van der Waals surface area contributed by atoms with E-state index in [-0.39, 0.29) is 81.5 Å². The SMILES string of the molecule is O=C(Cc1ccc(CC(=O)N(CCCNC[C@H](O)c2ccc(O)c3[nH]c(=O)ccc23)Cc2cccc(C(F)(F)F)c2)cc1)N1CCC(C(=O)[O-])(c2ccccc2)CC1. The van der Waals surface area contributed by atoms with Crippen LogP contribution in [-0.4, -0.2) is 75.5 Å². The highest BCUT2D eigenvalue weighted by molar-refractivity contribution is 5.87. The number of aliphatic carboxylic acids is 1. The lowest BCUT2D eigenvalue weighted by Gasteiger charge is -2.43. The van der Waals surface area contributed by atoms with Gasteiger partial charge in [0.25, 0.3) is 0 Å². The van der Waals surface area contributed by atoms with Crippen molar-refractivity contribution >= 4 is 28.7 Å². The van der Waals surface area contributed by atoms with Gasteiger partial charge in [-0.25, -0.2) is 0 Å². The van der Waals surface area contributed by atoms with Gasteiger partial charge < -0.3 is 40.2 Å². The number of phenols is 1. The Bertz CT molecular complexity index is 2290. The van der Waals surface area contributed by atoms with E-state index in [1.54, 1.807) is 59.5 Å². The second kappa shape index (κ2) is 18.1. The van der Waals surface area contributed by atoms with Crippen LogP contribution >= 0.6 is 0 Å². The summed E-state index contributed by atoms with van der Waals surface area (Å²) in [6.45, 7) is 1.15. The number of pyridine rings is 1. The summed E-state index contributed by atoms with van der Waals surface area (Å²) in [5.41, 5.74) is 0.665. The maximum atomic E-state index is 13.7. The standard InChI is InChI=1S/C44H45F3N4O7/c45-44(46,47)33-9-4-6-31(24-33)28-51(21-5-20-48-27-37(53)34-14-16-36(52)41-35(34)15-17-38(54)49-41)40(56)26-30-12-10-29(11-13-30)25-39(55)50-22-18-43(19-23-50,42(57)58)32-7-2-1-3-8-32/h1-4,6-17,24,37,48,52-53H,5,18-23,25-28H2,(H,49,54)(H,57,58)/p-1/t37-/m0/s1. The number of piperidine rings is 1. The number of halogens is 3. The van der Waals surface area contributed by atoms with Gasteiger partial charge in [0.1, 0.15) is 5.75 Å². The van der Waals surface area contributed by atoms with E-state index in [0.717, 1.165) is 12.1 Å². The molecule has 0 unspecified atom stereocenters. The van der Waals surface area contributed by atoms with Crippen molar-refractivity contribution in [1.82, 2.24) is 20.1 Å². The number of carbonyl (C=O) groups excluding carboxylic acids is 3. The number of carboxylic acid groups (broad SMARTS) is 1. The lowest BCUT2D eigenvalue weighted by Crippen LogP contribution is -2.54. The van der Waals surface area contributed by atoms with Gasteiger partial charge in [0.05, 0.1) is 36.0 Å². The van der Waals surface area contributed by atoms with Crippen molar-refractivity contribution in [1.29, 1.82) is 0 Å². The number of nitrogens with zero attached hydrogens (tertiary/aromatic N) is 2. The zero-order valence-corrected chi connectivity index (χ0v) is 31.6. The summed E-state index contributed by atoms with van der Waals surface area (Å²) in [7, 11) is 0. The molecule has 0 aliphatic carbocycles. The molecule has 0 spiro atoms. The van der Waals surface area contributed by atoms with Crippen LogP contribution in [0.5, 0.6) is 5.75 Å². The number of hydrogen-bond donors (Lipinski definition) is 4. The van der Waals surface area contributed by atoms with Crippen LogP contribution in [0, 0.1) is 0 Å². The highest BCUT2D eigenvalue weighted by Crippen LogP contribution is 2.36. The number of benzene rings is 4. The number of carbonyl (C=O) groups is 3. The Balaban J connectivity index is 1.05. The third kappa shape index (κ3) is 9.93. The van der Waals surface area contributed by atoms with E-state index >= 15 is 0 Å². The van der Waals surface area contributed by atoms with Crippen molar-refractivity contribution in [3.63, 3.8) is 0 Å². The molecule has 304 valence electrons. The summed E-state index contributed by atoms with van der Waals surface area (Å²) < 4.78 is 40.5. The predicted octanol–water partition coefficient (Wildman–Crippen LogP) is 4.39. The smallest absolute Gasteiger partial charge is 0.416 e. The molecule has 6 rings (SSSR count). The number of alkyl halides is 3. The van der Waals surface area contributed by atoms with Crippen molar-refractivity contribution in [3.8, 4) is 5.75 Å². The number of amides is 2. The Labute approximate surface area is 332 Å². The molecule has 4 aromatic carbocycles. The number of phenolic OH excluding ortho intramolecular Hbond substituents is 1. The van der Waals surface area contributed by atoms with Gasteiger partial charge in [0, 0.05) is 49.6 Å². The van der Waals surface area contributed by atoms with Gasteiger partial charge in [-0.2, -0.15) is 13.2 Å². The Hall–Kier alpha value is -5.99. The van der Waals surface area contributed by atoms with Crippen LogP contribution in [0.1, 0.15) is 58.7 Å². The number of H-pyrrole nitrogens is 1. The Morgan fingerprint density at radius 2 is 1.57 bits per heavy atom. The minimum atomic E-state index is -4.55. The number of nitrogens with one attached hydrogen (secondary N) is 2. The highest BCUT2D eigenvalue weighted by Gasteiger charge is 2.38. The van der Waals surface area contributed by atoms with E-state index in [2.05, 4.69) is 10.3 Å². The van der Waals surface area contributed by atoms with E-state index in [4.69, 9.17) is 0 Å². The van der Waals surface area contributed by atoms with Crippen molar-refractivity contribution in [2.75, 3.05) is 32.7 Å². The number of aromatic hydroxyl groups is 1. The van der Waals surface area contributed by atoms with Crippen molar-refractivity contribution in [2.24, 2.45) is 0 Å². The largest absolute Gasteiger partial charge is 0.549 e. The number of hydrogen-bond acceptors (Lipinski definition) is 8. The number of aliphatic hydroxyl groups excluding tert-OH is 1. The molecule has 0 bridgehead atoms. The molecule has 1 fully saturated rings. The van der Waals surface area contributed by atoms with E-state index in [9.17, 15) is 47.7 Å². The molecule has 5 aromatic rings. The molecule has 0 radical (unpaired) electrons. The number of aromatic amines is 1. The van der Waals surface area contributed by atoms with Gasteiger partial charge in [-0.3, -0.25) is 14.4 Å². The first kappa shape index (κ1) is 41.6. The molecule has 1 aliphatic rings. The number of aromatic nitrogens is 1. The molecule has 0 saturated carbocycles. The minimum Gasteiger partial charge on any atom is -0.549 e.